The molecule has 1 saturated heterocycles. The van der Waals surface area contributed by atoms with Crippen molar-refractivity contribution in [3.8, 4) is 0 Å². The Morgan fingerprint density at radius 3 is 1.62 bits per heavy atom. The summed E-state index contributed by atoms with van der Waals surface area (Å²) in [4.78, 5) is 5.45. The van der Waals surface area contributed by atoms with Crippen LogP contribution in [-0.4, -0.2) is 49.1 Å². The second kappa shape index (κ2) is 17.0. The molecule has 0 spiro atoms. The first-order valence-electron chi connectivity index (χ1n) is 12.2. The number of unbranched alkanes of at least 4 members (excludes halogenated alkanes) is 10. The SMILES string of the molecule is CCCCCCCCCCCCN1CCN(CC(CC)CCCC)CC1. The summed E-state index contributed by atoms with van der Waals surface area (Å²) in [6, 6.07) is 0. The largest absolute Gasteiger partial charge is 0.301 e. The van der Waals surface area contributed by atoms with Gasteiger partial charge in [-0.25, -0.2) is 0 Å². The highest BCUT2D eigenvalue weighted by Gasteiger charge is 2.18. The number of piperazine rings is 1. The average molecular weight is 367 g/mol. The summed E-state index contributed by atoms with van der Waals surface area (Å²) in [6.07, 6.45) is 20.0. The molecule has 2 heteroatoms. The molecule has 0 bridgehead atoms. The fourth-order valence-corrected chi connectivity index (χ4v) is 4.30. The Balaban J connectivity index is 1.93. The maximum Gasteiger partial charge on any atom is 0.0110 e. The molecular weight excluding hydrogens is 316 g/mol. The minimum Gasteiger partial charge on any atom is -0.301 e. The van der Waals surface area contributed by atoms with E-state index in [9.17, 15) is 0 Å². The van der Waals surface area contributed by atoms with E-state index in [1.165, 1.54) is 129 Å². The van der Waals surface area contributed by atoms with Gasteiger partial charge in [-0.15, -0.1) is 0 Å². The quantitative estimate of drug-likeness (QED) is 0.263. The molecule has 1 rings (SSSR count). The van der Waals surface area contributed by atoms with Crippen molar-refractivity contribution in [2.75, 3.05) is 39.3 Å². The van der Waals surface area contributed by atoms with Crippen LogP contribution in [0.4, 0.5) is 0 Å². The average Bonchev–Trinajstić information content (AvgIpc) is 2.67. The monoisotopic (exact) mass is 366 g/mol. The smallest absolute Gasteiger partial charge is 0.0110 e. The molecule has 0 aliphatic carbocycles. The zero-order chi connectivity index (χ0) is 18.9. The zero-order valence-electron chi connectivity index (χ0n) is 18.6. The van der Waals surface area contributed by atoms with Gasteiger partial charge in [0.2, 0.25) is 0 Å². The Labute approximate surface area is 166 Å². The van der Waals surface area contributed by atoms with Gasteiger partial charge in [0, 0.05) is 32.7 Å². The lowest BCUT2D eigenvalue weighted by Crippen LogP contribution is -2.47. The lowest BCUT2D eigenvalue weighted by molar-refractivity contribution is 0.113. The van der Waals surface area contributed by atoms with Gasteiger partial charge in [-0.3, -0.25) is 0 Å². The van der Waals surface area contributed by atoms with Crippen LogP contribution in [0.15, 0.2) is 0 Å². The van der Waals surface area contributed by atoms with E-state index in [2.05, 4.69) is 30.6 Å². The molecule has 0 aromatic rings. The first-order valence-corrected chi connectivity index (χ1v) is 12.2. The maximum absolute atomic E-state index is 2.73. The first kappa shape index (κ1) is 24.0. The van der Waals surface area contributed by atoms with Crippen LogP contribution in [0.1, 0.15) is 111 Å². The van der Waals surface area contributed by atoms with E-state index in [-0.39, 0.29) is 0 Å². The lowest BCUT2D eigenvalue weighted by atomic mass is 9.98. The van der Waals surface area contributed by atoms with E-state index < -0.39 is 0 Å². The normalized spacial score (nSPS) is 17.7. The first-order chi connectivity index (χ1) is 12.8. The van der Waals surface area contributed by atoms with Gasteiger partial charge >= 0.3 is 0 Å². The number of hydrogen-bond donors (Lipinski definition) is 0. The highest BCUT2D eigenvalue weighted by Crippen LogP contribution is 2.16. The van der Waals surface area contributed by atoms with Crippen LogP contribution < -0.4 is 0 Å². The van der Waals surface area contributed by atoms with Gasteiger partial charge in [-0.2, -0.15) is 0 Å². The van der Waals surface area contributed by atoms with Crippen molar-refractivity contribution in [2.24, 2.45) is 5.92 Å². The predicted octanol–water partition coefficient (Wildman–Crippen LogP) is 6.74. The zero-order valence-corrected chi connectivity index (χ0v) is 18.6. The van der Waals surface area contributed by atoms with Gasteiger partial charge in [0.1, 0.15) is 0 Å². The van der Waals surface area contributed by atoms with E-state index in [1.807, 2.05) is 0 Å². The third-order valence-corrected chi connectivity index (χ3v) is 6.35. The molecule has 0 saturated carbocycles. The van der Waals surface area contributed by atoms with E-state index in [0.29, 0.717) is 0 Å². The van der Waals surface area contributed by atoms with E-state index in [4.69, 9.17) is 0 Å². The van der Waals surface area contributed by atoms with Crippen molar-refractivity contribution < 1.29 is 0 Å². The summed E-state index contributed by atoms with van der Waals surface area (Å²) in [5.74, 6) is 0.934. The number of hydrogen-bond acceptors (Lipinski definition) is 2. The molecule has 0 aromatic heterocycles. The summed E-state index contributed by atoms with van der Waals surface area (Å²) in [5, 5.41) is 0. The molecule has 1 fully saturated rings. The molecule has 1 aliphatic heterocycles. The minimum absolute atomic E-state index is 0.934. The summed E-state index contributed by atoms with van der Waals surface area (Å²) < 4.78 is 0. The van der Waals surface area contributed by atoms with Crippen molar-refractivity contribution >= 4 is 0 Å². The Morgan fingerprint density at radius 1 is 0.577 bits per heavy atom. The van der Waals surface area contributed by atoms with Crippen LogP contribution in [-0.2, 0) is 0 Å². The van der Waals surface area contributed by atoms with Crippen LogP contribution in [0.25, 0.3) is 0 Å². The molecule has 0 N–H and O–H groups in total. The van der Waals surface area contributed by atoms with Crippen molar-refractivity contribution in [2.45, 2.75) is 111 Å². The molecule has 26 heavy (non-hydrogen) atoms. The molecule has 0 radical (unpaired) electrons. The minimum atomic E-state index is 0.934. The Morgan fingerprint density at radius 2 is 1.08 bits per heavy atom. The van der Waals surface area contributed by atoms with Gasteiger partial charge < -0.3 is 9.80 Å². The lowest BCUT2D eigenvalue weighted by Gasteiger charge is -2.36. The molecular formula is C24H50N2. The van der Waals surface area contributed by atoms with Gasteiger partial charge in [-0.1, -0.05) is 97.8 Å². The van der Waals surface area contributed by atoms with Gasteiger partial charge in [0.15, 0.2) is 0 Å². The molecule has 1 heterocycles. The fourth-order valence-electron chi connectivity index (χ4n) is 4.30. The standard InChI is InChI=1S/C24H50N2/c1-4-7-9-10-11-12-13-14-15-16-18-25-19-21-26(22-20-25)23-24(6-3)17-8-5-2/h24H,4-23H2,1-3H3. The molecule has 2 nitrogen and oxygen atoms in total. The second-order valence-electron chi connectivity index (χ2n) is 8.74. The van der Waals surface area contributed by atoms with Crippen molar-refractivity contribution in [1.82, 2.24) is 9.80 Å². The summed E-state index contributed by atoms with van der Waals surface area (Å²) in [6.45, 7) is 14.9. The Bertz CT molecular complexity index is 284. The van der Waals surface area contributed by atoms with E-state index >= 15 is 0 Å². The third kappa shape index (κ3) is 12.3. The van der Waals surface area contributed by atoms with E-state index in [0.717, 1.165) is 5.92 Å². The van der Waals surface area contributed by atoms with Crippen LogP contribution >= 0.6 is 0 Å². The molecule has 1 unspecified atom stereocenters. The van der Waals surface area contributed by atoms with Crippen molar-refractivity contribution in [1.29, 1.82) is 0 Å². The molecule has 0 aromatic carbocycles. The van der Waals surface area contributed by atoms with Crippen LogP contribution in [0.2, 0.25) is 0 Å². The molecule has 0 amide bonds. The highest BCUT2D eigenvalue weighted by atomic mass is 15.3. The van der Waals surface area contributed by atoms with Crippen LogP contribution in [0.5, 0.6) is 0 Å². The summed E-state index contributed by atoms with van der Waals surface area (Å²) in [7, 11) is 0. The van der Waals surface area contributed by atoms with Crippen molar-refractivity contribution in [3.05, 3.63) is 0 Å². The topological polar surface area (TPSA) is 6.48 Å². The summed E-state index contributed by atoms with van der Waals surface area (Å²) >= 11 is 0. The van der Waals surface area contributed by atoms with Gasteiger partial charge in [-0.05, 0) is 25.3 Å². The number of rotatable bonds is 17. The fraction of sp³-hybridized carbons (Fsp3) is 1.00. The Hall–Kier alpha value is -0.0800. The molecule has 1 atom stereocenters. The molecule has 1 aliphatic rings. The van der Waals surface area contributed by atoms with Gasteiger partial charge in [0.25, 0.3) is 0 Å². The molecule has 156 valence electrons. The second-order valence-corrected chi connectivity index (χ2v) is 8.74. The number of nitrogens with zero attached hydrogens (tertiary/aromatic N) is 2. The summed E-state index contributed by atoms with van der Waals surface area (Å²) in [5.41, 5.74) is 0. The van der Waals surface area contributed by atoms with Crippen molar-refractivity contribution in [3.63, 3.8) is 0 Å². The van der Waals surface area contributed by atoms with Crippen LogP contribution in [0, 0.1) is 5.92 Å². The van der Waals surface area contributed by atoms with Gasteiger partial charge in [0.05, 0.1) is 0 Å². The maximum atomic E-state index is 2.73. The van der Waals surface area contributed by atoms with Crippen LogP contribution in [0.3, 0.4) is 0 Å². The third-order valence-electron chi connectivity index (χ3n) is 6.35. The predicted molar refractivity (Wildman–Crippen MR) is 118 cm³/mol. The highest BCUT2D eigenvalue weighted by molar-refractivity contribution is 4.74. The Kier molecular flexibility index (Phi) is 15.7. The van der Waals surface area contributed by atoms with E-state index in [1.54, 1.807) is 0 Å².